The number of benzene rings is 1. The van der Waals surface area contributed by atoms with Crippen LogP contribution < -0.4 is 15.4 Å². The second-order valence-electron chi connectivity index (χ2n) is 4.48. The Morgan fingerprint density at radius 3 is 2.84 bits per heavy atom. The number of fused-ring (bicyclic) bond motifs is 1. The summed E-state index contributed by atoms with van der Waals surface area (Å²) in [5.74, 6) is -0.304. The molecule has 1 heterocycles. The number of nitrogens with one attached hydrogen (secondary N) is 3. The van der Waals surface area contributed by atoms with Gasteiger partial charge in [0.25, 0.3) is 0 Å². The lowest BCUT2D eigenvalue weighted by Crippen LogP contribution is -2.37. The van der Waals surface area contributed by atoms with Gasteiger partial charge in [-0.15, -0.1) is 0 Å². The zero-order valence-corrected chi connectivity index (χ0v) is 11.5. The van der Waals surface area contributed by atoms with Crippen LogP contribution in [0.4, 0.5) is 5.69 Å². The Hall–Kier alpha value is -1.60. The van der Waals surface area contributed by atoms with Gasteiger partial charge in [-0.1, -0.05) is 18.2 Å². The molecule has 19 heavy (non-hydrogen) atoms. The molecule has 1 atom stereocenters. The van der Waals surface area contributed by atoms with E-state index >= 15 is 0 Å². The minimum absolute atomic E-state index is 0.0900. The zero-order chi connectivity index (χ0) is 13.9. The highest BCUT2D eigenvalue weighted by Gasteiger charge is 2.27. The molecule has 0 aliphatic carbocycles. The van der Waals surface area contributed by atoms with E-state index < -0.39 is 10.0 Å². The first-order chi connectivity index (χ1) is 8.97. The first-order valence-electron chi connectivity index (χ1n) is 6.02. The third-order valence-corrected chi connectivity index (χ3v) is 3.67. The highest BCUT2D eigenvalue weighted by atomic mass is 32.2. The van der Waals surface area contributed by atoms with Crippen LogP contribution in [0.1, 0.15) is 11.5 Å². The van der Waals surface area contributed by atoms with Gasteiger partial charge in [0, 0.05) is 25.3 Å². The largest absolute Gasteiger partial charge is 0.384 e. The third-order valence-electron chi connectivity index (χ3n) is 2.94. The van der Waals surface area contributed by atoms with Gasteiger partial charge in [-0.25, -0.2) is 13.1 Å². The summed E-state index contributed by atoms with van der Waals surface area (Å²) in [6, 6.07) is 7.68. The van der Waals surface area contributed by atoms with Crippen molar-refractivity contribution < 1.29 is 13.2 Å². The molecule has 1 aromatic rings. The van der Waals surface area contributed by atoms with Gasteiger partial charge in [-0.05, 0) is 11.6 Å². The molecule has 2 rings (SSSR count). The number of hydrogen-bond donors (Lipinski definition) is 3. The molecular weight excluding hydrogens is 266 g/mol. The molecule has 1 aliphatic heterocycles. The fourth-order valence-electron chi connectivity index (χ4n) is 2.06. The van der Waals surface area contributed by atoms with Gasteiger partial charge in [-0.3, -0.25) is 4.79 Å². The molecule has 0 radical (unpaired) electrons. The number of sulfonamides is 1. The van der Waals surface area contributed by atoms with Crippen molar-refractivity contribution >= 4 is 21.6 Å². The van der Waals surface area contributed by atoms with E-state index in [4.69, 9.17) is 0 Å². The summed E-state index contributed by atoms with van der Waals surface area (Å²) >= 11 is 0. The lowest BCUT2D eigenvalue weighted by molar-refractivity contribution is -0.122. The number of carbonyl (C=O) groups excluding carboxylic acids is 1. The van der Waals surface area contributed by atoms with Crippen LogP contribution in [0.5, 0.6) is 0 Å². The van der Waals surface area contributed by atoms with Gasteiger partial charge in [-0.2, -0.15) is 0 Å². The summed E-state index contributed by atoms with van der Waals surface area (Å²) < 4.78 is 24.1. The van der Waals surface area contributed by atoms with Crippen molar-refractivity contribution in [1.82, 2.24) is 10.0 Å². The Bertz CT molecular complexity index is 571. The van der Waals surface area contributed by atoms with E-state index in [0.29, 0.717) is 6.54 Å². The Kier molecular flexibility index (Phi) is 4.06. The van der Waals surface area contributed by atoms with E-state index in [0.717, 1.165) is 17.5 Å². The molecule has 0 fully saturated rings. The molecule has 0 aromatic heterocycles. The molecule has 0 bridgehead atoms. The van der Waals surface area contributed by atoms with Crippen molar-refractivity contribution in [2.45, 2.75) is 5.92 Å². The minimum atomic E-state index is -3.20. The summed E-state index contributed by atoms with van der Waals surface area (Å²) in [6.45, 7) is 1.06. The minimum Gasteiger partial charge on any atom is -0.384 e. The van der Waals surface area contributed by atoms with Crippen molar-refractivity contribution in [2.75, 3.05) is 31.2 Å². The monoisotopic (exact) mass is 283 g/mol. The first-order valence-corrected chi connectivity index (χ1v) is 7.91. The number of amides is 1. The molecule has 1 aromatic carbocycles. The fourth-order valence-corrected chi connectivity index (χ4v) is 2.54. The standard InChI is InChI=1S/C12H17N3O3S/c1-19(17,18)15-7-6-13-12(16)10-8-14-11-5-3-2-4-9(10)11/h2-5,10,14-15H,6-8H2,1H3,(H,13,16). The average molecular weight is 283 g/mol. The van der Waals surface area contributed by atoms with Crippen molar-refractivity contribution in [3.05, 3.63) is 29.8 Å². The fraction of sp³-hybridized carbons (Fsp3) is 0.417. The normalized spacial score (nSPS) is 17.6. The molecule has 1 aliphatic rings. The SMILES string of the molecule is CS(=O)(=O)NCCNC(=O)C1CNc2ccccc21. The Morgan fingerprint density at radius 1 is 1.37 bits per heavy atom. The van der Waals surface area contributed by atoms with Gasteiger partial charge < -0.3 is 10.6 Å². The van der Waals surface area contributed by atoms with Gasteiger partial charge in [0.1, 0.15) is 0 Å². The topological polar surface area (TPSA) is 87.3 Å². The van der Waals surface area contributed by atoms with Gasteiger partial charge in [0.15, 0.2) is 0 Å². The van der Waals surface area contributed by atoms with Crippen LogP contribution in [0.25, 0.3) is 0 Å². The summed E-state index contributed by atoms with van der Waals surface area (Å²) in [5.41, 5.74) is 1.97. The van der Waals surface area contributed by atoms with E-state index in [2.05, 4.69) is 15.4 Å². The molecule has 1 unspecified atom stereocenters. The zero-order valence-electron chi connectivity index (χ0n) is 10.6. The van der Waals surface area contributed by atoms with E-state index in [9.17, 15) is 13.2 Å². The van der Waals surface area contributed by atoms with Crippen LogP contribution in [0.2, 0.25) is 0 Å². The van der Waals surface area contributed by atoms with Crippen LogP contribution in [-0.4, -0.2) is 40.2 Å². The van der Waals surface area contributed by atoms with E-state index in [1.165, 1.54) is 0 Å². The van der Waals surface area contributed by atoms with Crippen LogP contribution >= 0.6 is 0 Å². The Morgan fingerprint density at radius 2 is 2.11 bits per heavy atom. The molecule has 104 valence electrons. The maximum absolute atomic E-state index is 12.0. The second-order valence-corrected chi connectivity index (χ2v) is 6.31. The molecule has 0 saturated carbocycles. The predicted octanol–water partition coefficient (Wildman–Crippen LogP) is -0.139. The number of carbonyl (C=O) groups is 1. The summed E-state index contributed by atoms with van der Waals surface area (Å²) in [7, 11) is -3.20. The van der Waals surface area contributed by atoms with Gasteiger partial charge >= 0.3 is 0 Å². The third kappa shape index (κ3) is 3.68. The quantitative estimate of drug-likeness (QED) is 0.657. The molecule has 7 heteroatoms. The summed E-state index contributed by atoms with van der Waals surface area (Å²) in [5, 5.41) is 5.91. The number of para-hydroxylation sites is 1. The highest BCUT2D eigenvalue weighted by Crippen LogP contribution is 2.30. The molecule has 0 spiro atoms. The van der Waals surface area contributed by atoms with E-state index in [-0.39, 0.29) is 24.9 Å². The lowest BCUT2D eigenvalue weighted by atomic mass is 10.0. The average Bonchev–Trinajstić information content (AvgIpc) is 2.77. The smallest absolute Gasteiger partial charge is 0.229 e. The highest BCUT2D eigenvalue weighted by molar-refractivity contribution is 7.88. The van der Waals surface area contributed by atoms with E-state index in [1.807, 2.05) is 24.3 Å². The molecule has 6 nitrogen and oxygen atoms in total. The van der Waals surface area contributed by atoms with Crippen LogP contribution in [0, 0.1) is 0 Å². The van der Waals surface area contributed by atoms with Crippen molar-refractivity contribution in [3.63, 3.8) is 0 Å². The van der Waals surface area contributed by atoms with Crippen LogP contribution in [0.3, 0.4) is 0 Å². The van der Waals surface area contributed by atoms with Gasteiger partial charge in [0.2, 0.25) is 15.9 Å². The lowest BCUT2D eigenvalue weighted by Gasteiger charge is -2.11. The summed E-state index contributed by atoms with van der Waals surface area (Å²) in [6.07, 6.45) is 1.09. The number of hydrogen-bond acceptors (Lipinski definition) is 4. The Balaban J connectivity index is 1.85. The number of anilines is 1. The maximum Gasteiger partial charge on any atom is 0.229 e. The number of rotatable bonds is 5. The van der Waals surface area contributed by atoms with Crippen molar-refractivity contribution in [1.29, 1.82) is 0 Å². The van der Waals surface area contributed by atoms with Crippen molar-refractivity contribution in [2.24, 2.45) is 0 Å². The Labute approximate surface area is 112 Å². The molecule has 1 amide bonds. The predicted molar refractivity (Wildman–Crippen MR) is 73.5 cm³/mol. The van der Waals surface area contributed by atoms with Crippen LogP contribution in [0.15, 0.2) is 24.3 Å². The first kappa shape index (κ1) is 13.8. The maximum atomic E-state index is 12.0. The molecule has 0 saturated heterocycles. The van der Waals surface area contributed by atoms with Crippen LogP contribution in [-0.2, 0) is 14.8 Å². The second kappa shape index (κ2) is 5.58. The molecule has 3 N–H and O–H groups in total. The van der Waals surface area contributed by atoms with Gasteiger partial charge in [0.05, 0.1) is 12.2 Å². The van der Waals surface area contributed by atoms with E-state index in [1.54, 1.807) is 0 Å². The van der Waals surface area contributed by atoms with Crippen molar-refractivity contribution in [3.8, 4) is 0 Å². The molecular formula is C12H17N3O3S. The summed E-state index contributed by atoms with van der Waals surface area (Å²) in [4.78, 5) is 12.0.